The highest BCUT2D eigenvalue weighted by molar-refractivity contribution is 6.11. The van der Waals surface area contributed by atoms with Crippen molar-refractivity contribution >= 4 is 28.9 Å². The number of phenols is 1. The molecule has 0 saturated carbocycles. The standard InChI is InChI=1S/C27H29FN4O3/c1-18-7-9-19(10-8-18)26(34)29-23-5-3-6-24(33)25(23)30-27(35)21-12-11-20(17-22(21)28)32-14-4-13-31(2)15-16-32/h3,5-12,17,33H,4,13-16H2,1-2H3,(H,29,34)(H,30,35). The number of likely N-dealkylation sites (N-methyl/N-ethyl adjacent to an activating group) is 1. The number of hydrogen-bond donors (Lipinski definition) is 3. The molecule has 2 amide bonds. The smallest absolute Gasteiger partial charge is 0.258 e. The maximum Gasteiger partial charge on any atom is 0.258 e. The Kier molecular flexibility index (Phi) is 7.31. The summed E-state index contributed by atoms with van der Waals surface area (Å²) in [6, 6.07) is 16.0. The quantitative estimate of drug-likeness (QED) is 0.473. The molecule has 4 rings (SSSR count). The van der Waals surface area contributed by atoms with Crippen LogP contribution in [0.15, 0.2) is 60.7 Å². The third kappa shape index (κ3) is 5.78. The second-order valence-electron chi connectivity index (χ2n) is 8.78. The summed E-state index contributed by atoms with van der Waals surface area (Å²) in [7, 11) is 2.06. The van der Waals surface area contributed by atoms with Gasteiger partial charge in [-0.3, -0.25) is 9.59 Å². The Morgan fingerprint density at radius 2 is 1.69 bits per heavy atom. The largest absolute Gasteiger partial charge is 0.506 e. The molecule has 0 bridgehead atoms. The topological polar surface area (TPSA) is 84.9 Å². The maximum absolute atomic E-state index is 15.0. The molecule has 3 aromatic carbocycles. The highest BCUT2D eigenvalue weighted by Gasteiger charge is 2.20. The molecule has 1 saturated heterocycles. The second-order valence-corrected chi connectivity index (χ2v) is 8.78. The first-order valence-corrected chi connectivity index (χ1v) is 11.6. The summed E-state index contributed by atoms with van der Waals surface area (Å²) in [6.07, 6.45) is 0.977. The van der Waals surface area contributed by atoms with E-state index in [2.05, 4.69) is 27.5 Å². The van der Waals surface area contributed by atoms with Gasteiger partial charge in [0.15, 0.2) is 0 Å². The molecule has 0 unspecified atom stereocenters. The number of aromatic hydroxyl groups is 1. The van der Waals surface area contributed by atoms with Gasteiger partial charge in [0.2, 0.25) is 0 Å². The Bertz CT molecular complexity index is 1230. The fourth-order valence-electron chi connectivity index (χ4n) is 4.05. The van der Waals surface area contributed by atoms with Crippen LogP contribution in [0.3, 0.4) is 0 Å². The van der Waals surface area contributed by atoms with E-state index in [0.29, 0.717) is 5.56 Å². The van der Waals surface area contributed by atoms with E-state index in [1.807, 2.05) is 19.1 Å². The fourth-order valence-corrected chi connectivity index (χ4v) is 4.05. The summed E-state index contributed by atoms with van der Waals surface area (Å²) in [5.74, 6) is -2.02. The van der Waals surface area contributed by atoms with Gasteiger partial charge >= 0.3 is 0 Å². The van der Waals surface area contributed by atoms with Gasteiger partial charge in [-0.2, -0.15) is 0 Å². The molecule has 0 atom stereocenters. The number of nitrogens with zero attached hydrogens (tertiary/aromatic N) is 2. The summed E-state index contributed by atoms with van der Waals surface area (Å²) in [6.45, 7) is 5.39. The number of rotatable bonds is 5. The molecule has 0 spiro atoms. The first kappa shape index (κ1) is 24.2. The molecule has 1 aliphatic heterocycles. The first-order chi connectivity index (χ1) is 16.8. The van der Waals surface area contributed by atoms with Gasteiger partial charge in [0.05, 0.1) is 11.3 Å². The number of benzene rings is 3. The van der Waals surface area contributed by atoms with Crippen LogP contribution < -0.4 is 15.5 Å². The Labute approximate surface area is 204 Å². The molecular weight excluding hydrogens is 447 g/mol. The zero-order valence-corrected chi connectivity index (χ0v) is 19.8. The molecule has 8 heteroatoms. The van der Waals surface area contributed by atoms with E-state index in [4.69, 9.17) is 0 Å². The monoisotopic (exact) mass is 476 g/mol. The van der Waals surface area contributed by atoms with Gasteiger partial charge < -0.3 is 25.5 Å². The highest BCUT2D eigenvalue weighted by atomic mass is 19.1. The van der Waals surface area contributed by atoms with Crippen molar-refractivity contribution in [1.29, 1.82) is 0 Å². The van der Waals surface area contributed by atoms with Crippen LogP contribution in [0.5, 0.6) is 5.75 Å². The average Bonchev–Trinajstić information content (AvgIpc) is 3.06. The predicted octanol–water partition coefficient (Wildman–Crippen LogP) is 4.49. The summed E-state index contributed by atoms with van der Waals surface area (Å²) >= 11 is 0. The zero-order valence-electron chi connectivity index (χ0n) is 19.8. The lowest BCUT2D eigenvalue weighted by molar-refractivity contribution is 0.101. The lowest BCUT2D eigenvalue weighted by atomic mass is 10.1. The van der Waals surface area contributed by atoms with E-state index in [0.717, 1.165) is 43.9 Å². The zero-order chi connectivity index (χ0) is 24.9. The van der Waals surface area contributed by atoms with Crippen LogP contribution in [-0.4, -0.2) is 55.0 Å². The van der Waals surface area contributed by atoms with Crippen molar-refractivity contribution in [1.82, 2.24) is 4.90 Å². The van der Waals surface area contributed by atoms with Gasteiger partial charge in [-0.05, 0) is 69.4 Å². The van der Waals surface area contributed by atoms with Crippen LogP contribution in [0.4, 0.5) is 21.5 Å². The van der Waals surface area contributed by atoms with Crippen LogP contribution in [0.1, 0.15) is 32.7 Å². The van der Waals surface area contributed by atoms with Crippen LogP contribution in [0.2, 0.25) is 0 Å². The van der Waals surface area contributed by atoms with Gasteiger partial charge in [0, 0.05) is 30.9 Å². The average molecular weight is 477 g/mol. The number of carbonyl (C=O) groups excluding carboxylic acids is 2. The van der Waals surface area contributed by atoms with Gasteiger partial charge in [0.1, 0.15) is 17.3 Å². The van der Waals surface area contributed by atoms with Crippen LogP contribution >= 0.6 is 0 Å². The molecule has 0 aromatic heterocycles. The minimum atomic E-state index is -0.725. The molecule has 3 N–H and O–H groups in total. The molecule has 1 fully saturated rings. The van der Waals surface area contributed by atoms with Crippen molar-refractivity contribution in [2.45, 2.75) is 13.3 Å². The summed E-state index contributed by atoms with van der Waals surface area (Å²) in [4.78, 5) is 29.9. The first-order valence-electron chi connectivity index (χ1n) is 11.6. The van der Waals surface area contributed by atoms with Gasteiger partial charge in [-0.1, -0.05) is 23.8 Å². The van der Waals surface area contributed by atoms with E-state index in [1.54, 1.807) is 30.3 Å². The summed E-state index contributed by atoms with van der Waals surface area (Å²) < 4.78 is 15.0. The lowest BCUT2D eigenvalue weighted by Crippen LogP contribution is -2.29. The van der Waals surface area contributed by atoms with Crippen molar-refractivity contribution in [2.24, 2.45) is 0 Å². The molecule has 182 valence electrons. The van der Waals surface area contributed by atoms with Gasteiger partial charge in [0.25, 0.3) is 11.8 Å². The van der Waals surface area contributed by atoms with Crippen LogP contribution in [0.25, 0.3) is 0 Å². The number of carbonyl (C=O) groups is 2. The molecule has 1 aliphatic rings. The second kappa shape index (κ2) is 10.6. The summed E-state index contributed by atoms with van der Waals surface area (Å²) in [5.41, 5.74) is 2.22. The molecular formula is C27H29FN4O3. The number of anilines is 3. The minimum absolute atomic E-state index is 0.00278. The third-order valence-electron chi connectivity index (χ3n) is 6.12. The van der Waals surface area contributed by atoms with Crippen molar-refractivity contribution in [2.75, 3.05) is 48.8 Å². The molecule has 1 heterocycles. The van der Waals surface area contributed by atoms with Crippen molar-refractivity contribution in [3.63, 3.8) is 0 Å². The fraction of sp³-hybridized carbons (Fsp3) is 0.259. The number of nitrogens with one attached hydrogen (secondary N) is 2. The molecule has 7 nitrogen and oxygen atoms in total. The molecule has 3 aromatic rings. The van der Waals surface area contributed by atoms with E-state index in [1.165, 1.54) is 18.2 Å². The predicted molar refractivity (Wildman–Crippen MR) is 136 cm³/mol. The van der Waals surface area contributed by atoms with Gasteiger partial charge in [-0.25, -0.2) is 4.39 Å². The summed E-state index contributed by atoms with van der Waals surface area (Å²) in [5, 5.41) is 15.6. The number of hydrogen-bond acceptors (Lipinski definition) is 5. The highest BCUT2D eigenvalue weighted by Crippen LogP contribution is 2.33. The van der Waals surface area contributed by atoms with Crippen molar-refractivity contribution in [3.05, 3.63) is 83.2 Å². The van der Waals surface area contributed by atoms with Crippen LogP contribution in [-0.2, 0) is 0 Å². The third-order valence-corrected chi connectivity index (χ3v) is 6.12. The minimum Gasteiger partial charge on any atom is -0.506 e. The lowest BCUT2D eigenvalue weighted by Gasteiger charge is -2.23. The van der Waals surface area contributed by atoms with Crippen molar-refractivity contribution < 1.29 is 19.1 Å². The Morgan fingerprint density at radius 1 is 0.914 bits per heavy atom. The molecule has 35 heavy (non-hydrogen) atoms. The molecule has 0 radical (unpaired) electrons. The van der Waals surface area contributed by atoms with Crippen LogP contribution in [0, 0.1) is 12.7 Å². The van der Waals surface area contributed by atoms with E-state index in [9.17, 15) is 19.1 Å². The number of amides is 2. The van der Waals surface area contributed by atoms with Gasteiger partial charge in [-0.15, -0.1) is 0 Å². The number of phenolic OH excluding ortho intramolecular Hbond substituents is 1. The normalized spacial score (nSPS) is 14.3. The SMILES string of the molecule is Cc1ccc(C(=O)Nc2cccc(O)c2NC(=O)c2ccc(N3CCCN(C)CC3)cc2F)cc1. The number of aryl methyl sites for hydroxylation is 1. The Hall–Kier alpha value is -3.91. The number of halogens is 1. The molecule has 0 aliphatic carbocycles. The van der Waals surface area contributed by atoms with Crippen molar-refractivity contribution in [3.8, 4) is 5.75 Å². The van der Waals surface area contributed by atoms with E-state index >= 15 is 0 Å². The Balaban J connectivity index is 1.51. The number of para-hydroxylation sites is 1. The van der Waals surface area contributed by atoms with E-state index in [-0.39, 0.29) is 22.7 Å². The maximum atomic E-state index is 15.0. The van der Waals surface area contributed by atoms with E-state index < -0.39 is 17.6 Å². The Morgan fingerprint density at radius 3 is 2.43 bits per heavy atom.